The number of nitrogens with two attached hydrogens (primary N) is 1. The number of rotatable bonds is 2. The van der Waals surface area contributed by atoms with Crippen LogP contribution in [0.25, 0.3) is 0 Å². The summed E-state index contributed by atoms with van der Waals surface area (Å²) in [7, 11) is 0. The molecule has 0 bridgehead atoms. The summed E-state index contributed by atoms with van der Waals surface area (Å²) in [6, 6.07) is 19.4. The molecule has 2 aliphatic rings. The molecule has 3 heteroatoms. The second-order valence-corrected chi connectivity index (χ2v) is 6.52. The molecule has 3 nitrogen and oxygen atoms in total. The fourth-order valence-electron chi connectivity index (χ4n) is 3.98. The lowest BCUT2D eigenvalue weighted by atomic mass is 9.73. The van der Waals surface area contributed by atoms with Gasteiger partial charge in [0.2, 0.25) is 0 Å². The average Bonchev–Trinajstić information content (AvgIpc) is 2.79. The minimum atomic E-state index is -0.102. The molecule has 0 aromatic heterocycles. The zero-order chi connectivity index (χ0) is 15.7. The second kappa shape index (κ2) is 5.84. The van der Waals surface area contributed by atoms with Crippen molar-refractivity contribution >= 4 is 5.69 Å². The third-order valence-electron chi connectivity index (χ3n) is 5.24. The van der Waals surface area contributed by atoms with Crippen LogP contribution in [-0.4, -0.2) is 18.6 Å². The highest BCUT2D eigenvalue weighted by molar-refractivity contribution is 5.57. The summed E-state index contributed by atoms with van der Waals surface area (Å²) < 4.78 is 0. The monoisotopic (exact) mass is 305 g/mol. The van der Waals surface area contributed by atoms with E-state index in [1.165, 1.54) is 16.8 Å². The van der Waals surface area contributed by atoms with E-state index in [1.807, 2.05) is 0 Å². The van der Waals surface area contributed by atoms with Crippen LogP contribution in [0.2, 0.25) is 0 Å². The molecule has 118 valence electrons. The van der Waals surface area contributed by atoms with Crippen LogP contribution >= 0.6 is 0 Å². The maximum absolute atomic E-state index is 6.29. The van der Waals surface area contributed by atoms with Crippen LogP contribution in [-0.2, 0) is 0 Å². The Morgan fingerprint density at radius 3 is 2.61 bits per heavy atom. The first-order valence-electron chi connectivity index (χ1n) is 8.36. The third-order valence-corrected chi connectivity index (χ3v) is 5.24. The molecule has 0 fully saturated rings. The third kappa shape index (κ3) is 2.46. The largest absolute Gasteiger partial charge is 0.385 e. The van der Waals surface area contributed by atoms with Gasteiger partial charge in [-0.05, 0) is 23.6 Å². The van der Waals surface area contributed by atoms with E-state index in [2.05, 4.69) is 77.4 Å². The number of anilines is 1. The van der Waals surface area contributed by atoms with Crippen molar-refractivity contribution in [3.05, 3.63) is 77.9 Å². The van der Waals surface area contributed by atoms with Gasteiger partial charge in [-0.3, -0.25) is 5.32 Å². The predicted octanol–water partition coefficient (Wildman–Crippen LogP) is 3.18. The summed E-state index contributed by atoms with van der Waals surface area (Å²) in [4.78, 5) is 0. The van der Waals surface area contributed by atoms with Crippen molar-refractivity contribution < 1.29 is 0 Å². The molecule has 2 heterocycles. The van der Waals surface area contributed by atoms with Gasteiger partial charge in [0, 0.05) is 30.2 Å². The minimum absolute atomic E-state index is 0.102. The van der Waals surface area contributed by atoms with Crippen molar-refractivity contribution in [3.8, 4) is 0 Å². The van der Waals surface area contributed by atoms with Crippen LogP contribution < -0.4 is 16.4 Å². The maximum Gasteiger partial charge on any atom is 0.0511 e. The molecule has 0 aliphatic carbocycles. The Hall–Kier alpha value is -2.10. The molecule has 0 spiro atoms. The summed E-state index contributed by atoms with van der Waals surface area (Å²) in [5.41, 5.74) is 10.1. The molecule has 4 N–H and O–H groups in total. The van der Waals surface area contributed by atoms with Gasteiger partial charge in [0.25, 0.3) is 0 Å². The molecule has 0 saturated carbocycles. The number of fused-ring (bicyclic) bond motifs is 3. The topological polar surface area (TPSA) is 50.1 Å². The van der Waals surface area contributed by atoms with Crippen molar-refractivity contribution in [2.45, 2.75) is 23.9 Å². The van der Waals surface area contributed by atoms with Crippen molar-refractivity contribution in [1.29, 1.82) is 0 Å². The van der Waals surface area contributed by atoms with Gasteiger partial charge in [0.1, 0.15) is 0 Å². The first kappa shape index (κ1) is 14.5. The highest BCUT2D eigenvalue weighted by atomic mass is 15.1. The Morgan fingerprint density at radius 1 is 1.00 bits per heavy atom. The van der Waals surface area contributed by atoms with Crippen molar-refractivity contribution in [2.24, 2.45) is 5.73 Å². The lowest BCUT2D eigenvalue weighted by Gasteiger charge is -2.44. The van der Waals surface area contributed by atoms with Gasteiger partial charge in [-0.25, -0.2) is 0 Å². The molecular weight excluding hydrogens is 282 g/mol. The Labute approximate surface area is 137 Å². The first-order valence-corrected chi connectivity index (χ1v) is 8.36. The van der Waals surface area contributed by atoms with Gasteiger partial charge in [-0.2, -0.15) is 0 Å². The molecule has 0 saturated heterocycles. The van der Waals surface area contributed by atoms with Gasteiger partial charge in [0.05, 0.1) is 6.04 Å². The Balaban J connectivity index is 1.77. The molecule has 0 unspecified atom stereocenters. The SMILES string of the molecule is NC[C@]12CCNc3ccccc3[C@@H]1C=C[C@H](c1ccccc1)N2. The van der Waals surface area contributed by atoms with Gasteiger partial charge in [-0.1, -0.05) is 60.7 Å². The lowest BCUT2D eigenvalue weighted by Crippen LogP contribution is -2.57. The molecule has 23 heavy (non-hydrogen) atoms. The average molecular weight is 305 g/mol. The van der Waals surface area contributed by atoms with Crippen molar-refractivity contribution in [3.63, 3.8) is 0 Å². The smallest absolute Gasteiger partial charge is 0.0511 e. The molecule has 0 amide bonds. The number of nitrogens with one attached hydrogen (secondary N) is 2. The normalized spacial score (nSPS) is 29.1. The van der Waals surface area contributed by atoms with Gasteiger partial charge >= 0.3 is 0 Å². The Kier molecular flexibility index (Phi) is 3.68. The van der Waals surface area contributed by atoms with Crippen molar-refractivity contribution in [1.82, 2.24) is 5.32 Å². The molecular formula is C20H23N3. The predicted molar refractivity (Wildman–Crippen MR) is 95.5 cm³/mol. The minimum Gasteiger partial charge on any atom is -0.385 e. The summed E-state index contributed by atoms with van der Waals surface area (Å²) in [5.74, 6) is 0.304. The van der Waals surface area contributed by atoms with E-state index in [0.29, 0.717) is 12.5 Å². The highest BCUT2D eigenvalue weighted by Crippen LogP contribution is 2.42. The summed E-state index contributed by atoms with van der Waals surface area (Å²) in [6.07, 6.45) is 5.65. The van der Waals surface area contributed by atoms with E-state index in [1.54, 1.807) is 0 Å². The second-order valence-electron chi connectivity index (χ2n) is 6.52. The van der Waals surface area contributed by atoms with Gasteiger partial charge < -0.3 is 11.1 Å². The van der Waals surface area contributed by atoms with E-state index >= 15 is 0 Å². The van der Waals surface area contributed by atoms with E-state index in [9.17, 15) is 0 Å². The van der Waals surface area contributed by atoms with Gasteiger partial charge in [-0.15, -0.1) is 0 Å². The number of benzene rings is 2. The van der Waals surface area contributed by atoms with Crippen LogP contribution in [0, 0.1) is 0 Å². The van der Waals surface area contributed by atoms with Crippen LogP contribution in [0.5, 0.6) is 0 Å². The van der Waals surface area contributed by atoms with E-state index in [-0.39, 0.29) is 11.6 Å². The molecule has 2 aliphatic heterocycles. The van der Waals surface area contributed by atoms with Crippen LogP contribution in [0.1, 0.15) is 29.5 Å². The Bertz CT molecular complexity index is 710. The van der Waals surface area contributed by atoms with Crippen LogP contribution in [0.3, 0.4) is 0 Å². The van der Waals surface area contributed by atoms with Crippen molar-refractivity contribution in [2.75, 3.05) is 18.4 Å². The molecule has 3 atom stereocenters. The standard InChI is InChI=1S/C20H23N3/c21-14-20-12-13-22-19-9-5-4-8-16(19)17(20)10-11-18(23-20)15-6-2-1-3-7-15/h1-11,17-18,22-23H,12-14,21H2/t17-,18+,20+/m0/s1. The molecule has 0 radical (unpaired) electrons. The van der Waals surface area contributed by atoms with Crippen LogP contribution in [0.4, 0.5) is 5.69 Å². The highest BCUT2D eigenvalue weighted by Gasteiger charge is 2.42. The van der Waals surface area contributed by atoms with E-state index < -0.39 is 0 Å². The maximum atomic E-state index is 6.29. The molecule has 4 rings (SSSR count). The van der Waals surface area contributed by atoms with Crippen LogP contribution in [0.15, 0.2) is 66.7 Å². The zero-order valence-corrected chi connectivity index (χ0v) is 13.2. The summed E-state index contributed by atoms with van der Waals surface area (Å²) in [5, 5.41) is 7.43. The number of hydrogen-bond donors (Lipinski definition) is 3. The van der Waals surface area contributed by atoms with E-state index in [0.717, 1.165) is 13.0 Å². The molecule has 2 aromatic carbocycles. The fourth-order valence-corrected chi connectivity index (χ4v) is 3.98. The summed E-state index contributed by atoms with van der Waals surface area (Å²) >= 11 is 0. The molecule has 2 aromatic rings. The van der Waals surface area contributed by atoms with Gasteiger partial charge in [0.15, 0.2) is 0 Å². The fraction of sp³-hybridized carbons (Fsp3) is 0.300. The lowest BCUT2D eigenvalue weighted by molar-refractivity contribution is 0.260. The van der Waals surface area contributed by atoms with E-state index in [4.69, 9.17) is 5.73 Å². The summed E-state index contributed by atoms with van der Waals surface area (Å²) in [6.45, 7) is 1.56. The number of para-hydroxylation sites is 1. The quantitative estimate of drug-likeness (QED) is 0.747. The zero-order valence-electron chi connectivity index (χ0n) is 13.2. The Morgan fingerprint density at radius 2 is 1.78 bits per heavy atom. The first-order chi connectivity index (χ1) is 11.3. The number of hydrogen-bond acceptors (Lipinski definition) is 3.